The molecule has 0 aromatic heterocycles. The van der Waals surface area contributed by atoms with Crippen molar-refractivity contribution in [2.24, 2.45) is 0 Å². The molecule has 0 aromatic rings. The van der Waals surface area contributed by atoms with Crippen molar-refractivity contribution in [3.05, 3.63) is 0 Å². The molecule has 0 unspecified atom stereocenters. The zero-order valence-corrected chi connectivity index (χ0v) is 14.4. The highest BCUT2D eigenvalue weighted by molar-refractivity contribution is 4.72. The first-order valence-corrected chi connectivity index (χ1v) is 8.73. The van der Waals surface area contributed by atoms with Crippen molar-refractivity contribution in [2.45, 2.75) is 40.5 Å². The molecule has 1 rings (SSSR count). The van der Waals surface area contributed by atoms with Crippen LogP contribution in [-0.4, -0.2) is 75.2 Å². The molecule has 122 valence electrons. The van der Waals surface area contributed by atoms with Gasteiger partial charge >= 0.3 is 0 Å². The van der Waals surface area contributed by atoms with Crippen molar-refractivity contribution in [3.63, 3.8) is 0 Å². The second-order valence-corrected chi connectivity index (χ2v) is 5.10. The fourth-order valence-electron chi connectivity index (χ4n) is 2.45. The molecule has 0 spiro atoms. The van der Waals surface area contributed by atoms with Crippen molar-refractivity contribution in [2.75, 3.05) is 65.4 Å². The molecule has 20 heavy (non-hydrogen) atoms. The van der Waals surface area contributed by atoms with E-state index in [1.807, 2.05) is 13.8 Å². The predicted molar refractivity (Wildman–Crippen MR) is 90.5 cm³/mol. The van der Waals surface area contributed by atoms with Gasteiger partial charge in [-0.25, -0.2) is 0 Å². The Balaban J connectivity index is 0.00000172. The molecular weight excluding hydrogens is 248 g/mol. The topological polar surface area (TPSA) is 30.5 Å². The molecule has 2 N–H and O–H groups in total. The van der Waals surface area contributed by atoms with Crippen LogP contribution >= 0.6 is 0 Å². The normalized spacial score (nSPS) is 16.8. The maximum atomic E-state index is 3.39. The standard InChI is InChI=1S/C14H32N4.C2H6/c1-3-15-7-5-9-17-11-13-18(14-12-17)10-6-8-16-4-2;1-2/h15-16H,3-14H2,1-2H3;1-2H3. The molecule has 1 heterocycles. The molecule has 4 heteroatoms. The molecule has 0 amide bonds. The molecule has 4 nitrogen and oxygen atoms in total. The Morgan fingerprint density at radius 1 is 0.700 bits per heavy atom. The van der Waals surface area contributed by atoms with Crippen molar-refractivity contribution in [1.29, 1.82) is 0 Å². The molecule has 1 aliphatic heterocycles. The number of hydrogen-bond acceptors (Lipinski definition) is 4. The SMILES string of the molecule is CC.CCNCCCN1CCN(CCCNCC)CC1. The number of nitrogens with zero attached hydrogens (tertiary/aromatic N) is 2. The van der Waals surface area contributed by atoms with E-state index < -0.39 is 0 Å². The summed E-state index contributed by atoms with van der Waals surface area (Å²) in [5.74, 6) is 0. The van der Waals surface area contributed by atoms with Crippen LogP contribution in [0.5, 0.6) is 0 Å². The van der Waals surface area contributed by atoms with Crippen LogP contribution in [0.2, 0.25) is 0 Å². The molecule has 0 aromatic carbocycles. The molecule has 0 aliphatic carbocycles. The fraction of sp³-hybridized carbons (Fsp3) is 1.00. The van der Waals surface area contributed by atoms with Gasteiger partial charge in [-0.3, -0.25) is 0 Å². The molecule has 1 fully saturated rings. The van der Waals surface area contributed by atoms with Gasteiger partial charge in [-0.2, -0.15) is 0 Å². The first-order chi connectivity index (χ1) is 9.86. The van der Waals surface area contributed by atoms with Gasteiger partial charge < -0.3 is 20.4 Å². The van der Waals surface area contributed by atoms with E-state index in [1.165, 1.54) is 65.2 Å². The zero-order chi connectivity index (χ0) is 15.1. The van der Waals surface area contributed by atoms with E-state index in [0.29, 0.717) is 0 Å². The van der Waals surface area contributed by atoms with Gasteiger partial charge in [0, 0.05) is 26.2 Å². The fourth-order valence-corrected chi connectivity index (χ4v) is 2.45. The summed E-state index contributed by atoms with van der Waals surface area (Å²) in [4.78, 5) is 5.22. The van der Waals surface area contributed by atoms with Gasteiger partial charge in [-0.1, -0.05) is 27.7 Å². The zero-order valence-electron chi connectivity index (χ0n) is 14.4. The number of piperazine rings is 1. The Kier molecular flexibility index (Phi) is 15.1. The summed E-state index contributed by atoms with van der Waals surface area (Å²) in [6, 6.07) is 0. The minimum absolute atomic E-state index is 1.10. The summed E-state index contributed by atoms with van der Waals surface area (Å²) in [5.41, 5.74) is 0. The second-order valence-electron chi connectivity index (χ2n) is 5.10. The summed E-state index contributed by atoms with van der Waals surface area (Å²) < 4.78 is 0. The van der Waals surface area contributed by atoms with E-state index in [1.54, 1.807) is 0 Å². The van der Waals surface area contributed by atoms with Gasteiger partial charge in [0.05, 0.1) is 0 Å². The predicted octanol–water partition coefficient (Wildman–Crippen LogP) is 1.63. The third kappa shape index (κ3) is 10.6. The summed E-state index contributed by atoms with van der Waals surface area (Å²) in [7, 11) is 0. The van der Waals surface area contributed by atoms with Crippen LogP contribution in [0.4, 0.5) is 0 Å². The Hall–Kier alpha value is -0.160. The third-order valence-electron chi connectivity index (χ3n) is 3.62. The number of hydrogen-bond donors (Lipinski definition) is 2. The average Bonchev–Trinajstić information content (AvgIpc) is 2.51. The lowest BCUT2D eigenvalue weighted by atomic mass is 10.2. The maximum Gasteiger partial charge on any atom is 0.0110 e. The highest BCUT2D eigenvalue weighted by atomic mass is 15.3. The molecule has 0 saturated carbocycles. The summed E-state index contributed by atoms with van der Waals surface area (Å²) in [6.07, 6.45) is 2.57. The first-order valence-electron chi connectivity index (χ1n) is 8.73. The molecule has 1 aliphatic rings. The molecule has 0 bridgehead atoms. The minimum Gasteiger partial charge on any atom is -0.317 e. The summed E-state index contributed by atoms with van der Waals surface area (Å²) in [5, 5.41) is 6.78. The highest BCUT2D eigenvalue weighted by Gasteiger charge is 2.15. The number of nitrogens with one attached hydrogen (secondary N) is 2. The highest BCUT2D eigenvalue weighted by Crippen LogP contribution is 2.02. The van der Waals surface area contributed by atoms with Crippen LogP contribution < -0.4 is 10.6 Å². The van der Waals surface area contributed by atoms with Crippen molar-refractivity contribution in [1.82, 2.24) is 20.4 Å². The Morgan fingerprint density at radius 2 is 1.05 bits per heavy atom. The van der Waals surface area contributed by atoms with Gasteiger partial charge in [0.15, 0.2) is 0 Å². The van der Waals surface area contributed by atoms with Crippen molar-refractivity contribution < 1.29 is 0 Å². The minimum atomic E-state index is 1.10. The van der Waals surface area contributed by atoms with E-state index in [0.717, 1.165) is 13.1 Å². The van der Waals surface area contributed by atoms with Gasteiger partial charge in [0.1, 0.15) is 0 Å². The Bertz CT molecular complexity index is 159. The third-order valence-corrected chi connectivity index (χ3v) is 3.62. The molecule has 0 radical (unpaired) electrons. The van der Waals surface area contributed by atoms with Crippen LogP contribution in [-0.2, 0) is 0 Å². The van der Waals surface area contributed by atoms with E-state index in [4.69, 9.17) is 0 Å². The van der Waals surface area contributed by atoms with E-state index in [2.05, 4.69) is 34.3 Å². The van der Waals surface area contributed by atoms with Gasteiger partial charge in [0.25, 0.3) is 0 Å². The molecule has 1 saturated heterocycles. The van der Waals surface area contributed by atoms with Crippen LogP contribution in [0.15, 0.2) is 0 Å². The van der Waals surface area contributed by atoms with Crippen LogP contribution in [0.25, 0.3) is 0 Å². The van der Waals surface area contributed by atoms with Gasteiger partial charge in [0.2, 0.25) is 0 Å². The van der Waals surface area contributed by atoms with Crippen LogP contribution in [0.3, 0.4) is 0 Å². The van der Waals surface area contributed by atoms with E-state index in [-0.39, 0.29) is 0 Å². The summed E-state index contributed by atoms with van der Waals surface area (Å²) >= 11 is 0. The number of rotatable bonds is 10. The Morgan fingerprint density at radius 3 is 1.35 bits per heavy atom. The smallest absolute Gasteiger partial charge is 0.0110 e. The maximum absolute atomic E-state index is 3.39. The first kappa shape index (κ1) is 19.8. The summed E-state index contributed by atoms with van der Waals surface area (Å²) in [6.45, 7) is 20.4. The van der Waals surface area contributed by atoms with Gasteiger partial charge in [-0.05, 0) is 52.1 Å². The monoisotopic (exact) mass is 286 g/mol. The average molecular weight is 287 g/mol. The van der Waals surface area contributed by atoms with Crippen molar-refractivity contribution in [3.8, 4) is 0 Å². The lowest BCUT2D eigenvalue weighted by Crippen LogP contribution is -2.47. The molecule has 0 atom stereocenters. The van der Waals surface area contributed by atoms with Crippen LogP contribution in [0, 0.1) is 0 Å². The lowest BCUT2D eigenvalue weighted by Gasteiger charge is -2.34. The second kappa shape index (κ2) is 15.2. The largest absolute Gasteiger partial charge is 0.317 e. The van der Waals surface area contributed by atoms with E-state index in [9.17, 15) is 0 Å². The van der Waals surface area contributed by atoms with E-state index >= 15 is 0 Å². The molecular formula is C16H38N4. The van der Waals surface area contributed by atoms with Gasteiger partial charge in [-0.15, -0.1) is 0 Å². The quantitative estimate of drug-likeness (QED) is 0.598. The van der Waals surface area contributed by atoms with Crippen LogP contribution in [0.1, 0.15) is 40.5 Å². The Labute approximate surface area is 127 Å². The van der Waals surface area contributed by atoms with Crippen molar-refractivity contribution >= 4 is 0 Å². The lowest BCUT2D eigenvalue weighted by molar-refractivity contribution is 0.130.